The van der Waals surface area contributed by atoms with Crippen LogP contribution >= 0.6 is 0 Å². The summed E-state index contributed by atoms with van der Waals surface area (Å²) in [6, 6.07) is 6.20. The van der Waals surface area contributed by atoms with Crippen LogP contribution in [0.2, 0.25) is 0 Å². The molecule has 6 heteroatoms. The largest absolute Gasteiger partial charge is 0.491 e. The smallest absolute Gasteiger partial charge is 0.243 e. The van der Waals surface area contributed by atoms with Crippen LogP contribution in [0.25, 0.3) is 0 Å². The van der Waals surface area contributed by atoms with E-state index in [4.69, 9.17) is 9.84 Å². The van der Waals surface area contributed by atoms with Crippen LogP contribution in [0.3, 0.4) is 0 Å². The van der Waals surface area contributed by atoms with Gasteiger partial charge in [-0.25, -0.2) is 8.42 Å². The molecule has 21 heavy (non-hydrogen) atoms. The molecule has 1 aromatic rings. The van der Waals surface area contributed by atoms with Gasteiger partial charge in [-0.05, 0) is 43.5 Å². The lowest BCUT2D eigenvalue weighted by Gasteiger charge is -2.25. The van der Waals surface area contributed by atoms with Crippen LogP contribution in [0.15, 0.2) is 29.2 Å². The Kier molecular flexibility index (Phi) is 6.64. The van der Waals surface area contributed by atoms with Gasteiger partial charge in [0.15, 0.2) is 0 Å². The van der Waals surface area contributed by atoms with Crippen molar-refractivity contribution in [2.75, 3.05) is 20.3 Å². The number of aliphatic hydroxyl groups is 1. The number of rotatable bonds is 8. The minimum Gasteiger partial charge on any atom is -0.491 e. The number of ether oxygens (including phenoxy) is 1. The molecule has 0 radical (unpaired) electrons. The van der Waals surface area contributed by atoms with Crippen LogP contribution in [0.4, 0.5) is 0 Å². The molecule has 0 aliphatic rings. The van der Waals surface area contributed by atoms with Gasteiger partial charge in [0.2, 0.25) is 10.0 Å². The van der Waals surface area contributed by atoms with E-state index in [1.165, 1.54) is 16.4 Å². The number of aliphatic hydroxyl groups excluding tert-OH is 1. The van der Waals surface area contributed by atoms with Crippen molar-refractivity contribution in [3.8, 4) is 5.75 Å². The predicted octanol–water partition coefficient (Wildman–Crippen LogP) is 2.11. The second kappa shape index (κ2) is 7.77. The van der Waals surface area contributed by atoms with Crippen molar-refractivity contribution in [1.29, 1.82) is 0 Å². The maximum absolute atomic E-state index is 12.5. The van der Waals surface area contributed by atoms with Crippen molar-refractivity contribution < 1.29 is 18.3 Å². The van der Waals surface area contributed by atoms with Gasteiger partial charge in [0.25, 0.3) is 0 Å². The van der Waals surface area contributed by atoms with Crippen molar-refractivity contribution in [1.82, 2.24) is 4.31 Å². The van der Waals surface area contributed by atoms with E-state index >= 15 is 0 Å². The Morgan fingerprint density at radius 2 is 1.76 bits per heavy atom. The van der Waals surface area contributed by atoms with Gasteiger partial charge in [-0.1, -0.05) is 13.8 Å². The lowest BCUT2D eigenvalue weighted by molar-refractivity contribution is 0.201. The van der Waals surface area contributed by atoms with E-state index in [2.05, 4.69) is 13.8 Å². The van der Waals surface area contributed by atoms with Crippen LogP contribution in [-0.2, 0) is 10.0 Å². The molecule has 0 amide bonds. The summed E-state index contributed by atoms with van der Waals surface area (Å²) in [5.41, 5.74) is 0. The summed E-state index contributed by atoms with van der Waals surface area (Å²) < 4.78 is 31.7. The SMILES string of the molecule is CC(C)CC(C)N(C)S(=O)(=O)c1ccc(OCCO)cc1. The summed E-state index contributed by atoms with van der Waals surface area (Å²) in [5, 5.41) is 8.69. The first-order valence-corrected chi connectivity index (χ1v) is 8.54. The van der Waals surface area contributed by atoms with E-state index in [0.717, 1.165) is 6.42 Å². The Balaban J connectivity index is 2.86. The third kappa shape index (κ3) is 4.98. The number of hydrogen-bond acceptors (Lipinski definition) is 4. The topological polar surface area (TPSA) is 66.8 Å². The van der Waals surface area contributed by atoms with Crippen molar-refractivity contribution in [3.05, 3.63) is 24.3 Å². The normalized spacial score (nSPS) is 13.7. The standard InChI is InChI=1S/C15H25NO4S/c1-12(2)11-13(3)16(4)21(18,19)15-7-5-14(6-8-15)20-10-9-17/h5-8,12-13,17H,9-11H2,1-4H3. The van der Waals surface area contributed by atoms with E-state index in [9.17, 15) is 8.42 Å². The molecule has 1 atom stereocenters. The van der Waals surface area contributed by atoms with Crippen LogP contribution in [-0.4, -0.2) is 44.1 Å². The van der Waals surface area contributed by atoms with Crippen LogP contribution in [0.1, 0.15) is 27.2 Å². The van der Waals surface area contributed by atoms with Crippen LogP contribution in [0, 0.1) is 5.92 Å². The molecule has 120 valence electrons. The third-order valence-corrected chi connectivity index (χ3v) is 5.28. The zero-order chi connectivity index (χ0) is 16.0. The molecule has 1 rings (SSSR count). The zero-order valence-electron chi connectivity index (χ0n) is 13.1. The van der Waals surface area contributed by atoms with E-state index in [-0.39, 0.29) is 24.2 Å². The van der Waals surface area contributed by atoms with Gasteiger partial charge in [0.1, 0.15) is 12.4 Å². The predicted molar refractivity (Wildman–Crippen MR) is 82.9 cm³/mol. The molecule has 1 N–H and O–H groups in total. The quantitative estimate of drug-likeness (QED) is 0.798. The Labute approximate surface area is 127 Å². The maximum atomic E-state index is 12.5. The fourth-order valence-corrected chi connectivity index (χ4v) is 3.48. The Morgan fingerprint density at radius 1 is 1.19 bits per heavy atom. The third-order valence-electron chi connectivity index (χ3n) is 3.29. The molecular weight excluding hydrogens is 290 g/mol. The minimum absolute atomic E-state index is 0.0553. The van der Waals surface area contributed by atoms with Gasteiger partial charge in [-0.3, -0.25) is 0 Å². The van der Waals surface area contributed by atoms with E-state index in [1.807, 2.05) is 6.92 Å². The molecule has 0 aromatic heterocycles. The zero-order valence-corrected chi connectivity index (χ0v) is 13.9. The summed E-state index contributed by atoms with van der Waals surface area (Å²) in [6.45, 7) is 6.18. The van der Waals surface area contributed by atoms with E-state index < -0.39 is 10.0 Å². The maximum Gasteiger partial charge on any atom is 0.243 e. The Hall–Kier alpha value is -1.11. The van der Waals surface area contributed by atoms with Gasteiger partial charge in [0, 0.05) is 13.1 Å². The molecule has 0 saturated heterocycles. The summed E-state index contributed by atoms with van der Waals surface area (Å²) in [6.07, 6.45) is 0.813. The molecular formula is C15H25NO4S. The molecule has 0 aliphatic heterocycles. The monoisotopic (exact) mass is 315 g/mol. The van der Waals surface area contributed by atoms with E-state index in [1.54, 1.807) is 19.2 Å². The second-order valence-electron chi connectivity index (χ2n) is 5.54. The molecule has 0 bridgehead atoms. The average Bonchev–Trinajstić information content (AvgIpc) is 2.43. The summed E-state index contributed by atoms with van der Waals surface area (Å²) >= 11 is 0. The van der Waals surface area contributed by atoms with Gasteiger partial charge in [0.05, 0.1) is 11.5 Å². The number of benzene rings is 1. The molecule has 1 aromatic carbocycles. The molecule has 0 saturated carbocycles. The first-order valence-electron chi connectivity index (χ1n) is 7.10. The molecule has 0 spiro atoms. The summed E-state index contributed by atoms with van der Waals surface area (Å²) in [4.78, 5) is 0.247. The fraction of sp³-hybridized carbons (Fsp3) is 0.600. The molecule has 0 aliphatic carbocycles. The Morgan fingerprint density at radius 3 is 2.24 bits per heavy atom. The highest BCUT2D eigenvalue weighted by Crippen LogP contribution is 2.22. The van der Waals surface area contributed by atoms with Crippen molar-refractivity contribution >= 4 is 10.0 Å². The number of hydrogen-bond donors (Lipinski definition) is 1. The van der Waals surface area contributed by atoms with Gasteiger partial charge >= 0.3 is 0 Å². The lowest BCUT2D eigenvalue weighted by Crippen LogP contribution is -2.35. The minimum atomic E-state index is -3.49. The first-order chi connectivity index (χ1) is 9.78. The second-order valence-corrected chi connectivity index (χ2v) is 7.54. The van der Waals surface area contributed by atoms with Gasteiger partial charge < -0.3 is 9.84 Å². The van der Waals surface area contributed by atoms with Crippen molar-refractivity contribution in [2.24, 2.45) is 5.92 Å². The van der Waals surface area contributed by atoms with Crippen molar-refractivity contribution in [3.63, 3.8) is 0 Å². The molecule has 0 heterocycles. The fourth-order valence-electron chi connectivity index (χ4n) is 2.11. The van der Waals surface area contributed by atoms with Crippen LogP contribution in [0.5, 0.6) is 5.75 Å². The molecule has 1 unspecified atom stereocenters. The first kappa shape index (κ1) is 17.9. The lowest BCUT2D eigenvalue weighted by atomic mass is 10.1. The van der Waals surface area contributed by atoms with Gasteiger partial charge in [-0.15, -0.1) is 0 Å². The number of nitrogens with zero attached hydrogens (tertiary/aromatic N) is 1. The Bertz CT molecular complexity index is 525. The molecule has 0 fully saturated rings. The molecule has 5 nitrogen and oxygen atoms in total. The van der Waals surface area contributed by atoms with Crippen molar-refractivity contribution in [2.45, 2.75) is 38.1 Å². The number of sulfonamides is 1. The highest BCUT2D eigenvalue weighted by molar-refractivity contribution is 7.89. The average molecular weight is 315 g/mol. The van der Waals surface area contributed by atoms with Gasteiger partial charge in [-0.2, -0.15) is 4.31 Å². The highest BCUT2D eigenvalue weighted by Gasteiger charge is 2.25. The summed E-state index contributed by atoms with van der Waals surface area (Å²) in [5.74, 6) is 0.979. The van der Waals surface area contributed by atoms with Crippen LogP contribution < -0.4 is 4.74 Å². The van der Waals surface area contributed by atoms with E-state index in [0.29, 0.717) is 11.7 Å². The highest BCUT2D eigenvalue weighted by atomic mass is 32.2. The summed E-state index contributed by atoms with van der Waals surface area (Å²) in [7, 11) is -1.88.